The largest absolute Gasteiger partial charge is 0.475 e. The number of ether oxygens (including phenoxy) is 1. The van der Waals surface area contributed by atoms with Crippen LogP contribution in [0.4, 0.5) is 0 Å². The van der Waals surface area contributed by atoms with E-state index in [1.54, 1.807) is 6.07 Å². The van der Waals surface area contributed by atoms with E-state index in [2.05, 4.69) is 19.2 Å². The molecule has 0 aliphatic carbocycles. The van der Waals surface area contributed by atoms with Gasteiger partial charge in [-0.2, -0.15) is 0 Å². The minimum absolute atomic E-state index is 0.0259. The molecule has 0 bridgehead atoms. The maximum Gasteiger partial charge on any atom is 0.372 e. The van der Waals surface area contributed by atoms with E-state index < -0.39 is 5.97 Å². The molecule has 1 aromatic rings. The second kappa shape index (κ2) is 6.41. The van der Waals surface area contributed by atoms with Crippen LogP contribution in [-0.2, 0) is 11.3 Å². The number of hydrogen-bond donors (Lipinski definition) is 2. The van der Waals surface area contributed by atoms with Crippen LogP contribution < -0.4 is 5.32 Å². The molecule has 0 aromatic carbocycles. The lowest BCUT2D eigenvalue weighted by atomic mass is 9.86. The summed E-state index contributed by atoms with van der Waals surface area (Å²) in [7, 11) is 0. The van der Waals surface area contributed by atoms with E-state index in [-0.39, 0.29) is 11.4 Å². The van der Waals surface area contributed by atoms with E-state index in [9.17, 15) is 4.79 Å². The van der Waals surface area contributed by atoms with Crippen LogP contribution in [0.25, 0.3) is 0 Å². The van der Waals surface area contributed by atoms with Crippen LogP contribution in [0.15, 0.2) is 16.7 Å². The summed E-state index contributed by atoms with van der Waals surface area (Å²) >= 11 is 0. The van der Waals surface area contributed by atoms with Gasteiger partial charge in [-0.15, -0.1) is 0 Å². The lowest BCUT2D eigenvalue weighted by Gasteiger charge is -2.40. The predicted molar refractivity (Wildman–Crippen MR) is 74.8 cm³/mol. The third kappa shape index (κ3) is 3.22. The van der Waals surface area contributed by atoms with Gasteiger partial charge in [-0.3, -0.25) is 0 Å². The lowest BCUT2D eigenvalue weighted by molar-refractivity contribution is -0.0932. The van der Waals surface area contributed by atoms with Gasteiger partial charge in [0.15, 0.2) is 0 Å². The number of carboxylic acids is 1. The molecule has 1 unspecified atom stereocenters. The summed E-state index contributed by atoms with van der Waals surface area (Å²) in [6.07, 6.45) is 5.37. The molecule has 1 saturated heterocycles. The molecule has 0 radical (unpaired) electrons. The highest BCUT2D eigenvalue weighted by Gasteiger charge is 2.34. The Hall–Kier alpha value is -1.33. The molecule has 112 valence electrons. The molecule has 5 nitrogen and oxygen atoms in total. The van der Waals surface area contributed by atoms with Crippen molar-refractivity contribution in [2.24, 2.45) is 0 Å². The first-order valence-corrected chi connectivity index (χ1v) is 7.27. The summed E-state index contributed by atoms with van der Waals surface area (Å²) < 4.78 is 10.9. The fourth-order valence-corrected chi connectivity index (χ4v) is 2.86. The molecule has 20 heavy (non-hydrogen) atoms. The topological polar surface area (TPSA) is 71.7 Å². The first-order valence-electron chi connectivity index (χ1n) is 7.27. The van der Waals surface area contributed by atoms with E-state index >= 15 is 0 Å². The van der Waals surface area contributed by atoms with Crippen LogP contribution in [0.2, 0.25) is 0 Å². The number of hydrogen-bond acceptors (Lipinski definition) is 4. The molecule has 0 spiro atoms. The minimum atomic E-state index is -1.02. The van der Waals surface area contributed by atoms with Crippen molar-refractivity contribution in [1.82, 2.24) is 5.32 Å². The van der Waals surface area contributed by atoms with E-state index in [0.29, 0.717) is 18.2 Å². The van der Waals surface area contributed by atoms with Crippen molar-refractivity contribution in [3.8, 4) is 0 Å². The van der Waals surface area contributed by atoms with Crippen molar-refractivity contribution < 1.29 is 19.1 Å². The Kier molecular flexibility index (Phi) is 4.83. The monoisotopic (exact) mass is 281 g/mol. The molecule has 2 rings (SSSR count). The molecule has 1 aromatic heterocycles. The molecule has 1 fully saturated rings. The van der Waals surface area contributed by atoms with Gasteiger partial charge < -0.3 is 19.6 Å². The highest BCUT2D eigenvalue weighted by atomic mass is 16.5. The molecule has 2 heterocycles. The lowest BCUT2D eigenvalue weighted by Crippen LogP contribution is -2.46. The number of carbonyl (C=O) groups is 1. The fraction of sp³-hybridized carbons (Fsp3) is 0.667. The number of rotatable bonds is 6. The Morgan fingerprint density at radius 1 is 1.50 bits per heavy atom. The Balaban J connectivity index is 1.93. The minimum Gasteiger partial charge on any atom is -0.475 e. The summed E-state index contributed by atoms with van der Waals surface area (Å²) in [6.45, 7) is 5.60. The molecule has 0 saturated carbocycles. The second-order valence-electron chi connectivity index (χ2n) is 5.39. The van der Waals surface area contributed by atoms with E-state index in [4.69, 9.17) is 14.3 Å². The molecule has 1 aliphatic rings. The van der Waals surface area contributed by atoms with Gasteiger partial charge in [0, 0.05) is 24.8 Å². The highest BCUT2D eigenvalue weighted by Crippen LogP contribution is 2.31. The number of aromatic carboxylic acids is 1. The van der Waals surface area contributed by atoms with E-state index in [0.717, 1.165) is 32.3 Å². The zero-order valence-corrected chi connectivity index (χ0v) is 12.1. The SMILES string of the molecule is CCC1(CC)CC(NCc2ccoc2C(=O)O)CCO1. The average Bonchev–Trinajstić information content (AvgIpc) is 2.94. The highest BCUT2D eigenvalue weighted by molar-refractivity contribution is 5.86. The second-order valence-corrected chi connectivity index (χ2v) is 5.39. The van der Waals surface area contributed by atoms with Crippen LogP contribution in [0, 0.1) is 0 Å². The fourth-order valence-electron chi connectivity index (χ4n) is 2.86. The predicted octanol–water partition coefficient (Wildman–Crippen LogP) is 2.81. The van der Waals surface area contributed by atoms with Gasteiger partial charge in [-0.1, -0.05) is 13.8 Å². The third-order valence-corrected chi connectivity index (χ3v) is 4.30. The van der Waals surface area contributed by atoms with Gasteiger partial charge in [0.05, 0.1) is 11.9 Å². The molecule has 5 heteroatoms. The first kappa shape index (κ1) is 15.1. The van der Waals surface area contributed by atoms with Crippen molar-refractivity contribution in [3.05, 3.63) is 23.7 Å². The number of nitrogens with one attached hydrogen (secondary N) is 1. The number of furan rings is 1. The smallest absolute Gasteiger partial charge is 0.372 e. The molecular formula is C15H23NO4. The summed E-state index contributed by atoms with van der Waals surface area (Å²) in [5.41, 5.74) is 0.671. The summed E-state index contributed by atoms with van der Waals surface area (Å²) in [4.78, 5) is 11.0. The van der Waals surface area contributed by atoms with Crippen LogP contribution >= 0.6 is 0 Å². The van der Waals surface area contributed by atoms with E-state index in [1.165, 1.54) is 6.26 Å². The van der Waals surface area contributed by atoms with Gasteiger partial charge >= 0.3 is 5.97 Å². The maximum absolute atomic E-state index is 11.0. The van der Waals surface area contributed by atoms with Crippen molar-refractivity contribution in [3.63, 3.8) is 0 Å². The van der Waals surface area contributed by atoms with Crippen molar-refractivity contribution in [2.75, 3.05) is 6.61 Å². The van der Waals surface area contributed by atoms with Crippen molar-refractivity contribution in [2.45, 2.75) is 57.7 Å². The van der Waals surface area contributed by atoms with E-state index in [1.807, 2.05) is 0 Å². The quantitative estimate of drug-likeness (QED) is 0.839. The van der Waals surface area contributed by atoms with Gasteiger partial charge in [0.2, 0.25) is 5.76 Å². The van der Waals surface area contributed by atoms with Crippen LogP contribution in [0.3, 0.4) is 0 Å². The molecule has 1 aliphatic heterocycles. The van der Waals surface area contributed by atoms with Crippen molar-refractivity contribution in [1.29, 1.82) is 0 Å². The summed E-state index contributed by atoms with van der Waals surface area (Å²) in [6, 6.07) is 2.07. The van der Waals surface area contributed by atoms with Gasteiger partial charge in [-0.25, -0.2) is 4.79 Å². The zero-order valence-electron chi connectivity index (χ0n) is 12.1. The molecule has 0 amide bonds. The van der Waals surface area contributed by atoms with Crippen LogP contribution in [0.5, 0.6) is 0 Å². The maximum atomic E-state index is 11.0. The molecule has 2 N–H and O–H groups in total. The van der Waals surface area contributed by atoms with Gasteiger partial charge in [-0.05, 0) is 31.7 Å². The van der Waals surface area contributed by atoms with Gasteiger partial charge in [0.1, 0.15) is 0 Å². The van der Waals surface area contributed by atoms with Gasteiger partial charge in [0.25, 0.3) is 0 Å². The Morgan fingerprint density at radius 2 is 2.25 bits per heavy atom. The number of carboxylic acid groups (broad SMARTS) is 1. The average molecular weight is 281 g/mol. The summed E-state index contributed by atoms with van der Waals surface area (Å²) in [5.74, 6) is -0.989. The molecular weight excluding hydrogens is 258 g/mol. The standard InChI is InChI=1S/C15H23NO4/c1-3-15(4-2)9-12(6-8-20-15)16-10-11-5-7-19-13(11)14(17)18/h5,7,12,16H,3-4,6,8-10H2,1-2H3,(H,17,18). The van der Waals surface area contributed by atoms with Crippen LogP contribution in [0.1, 0.15) is 55.6 Å². The Labute approximate surface area is 119 Å². The normalized spacial score (nSPS) is 21.8. The summed E-state index contributed by atoms with van der Waals surface area (Å²) in [5, 5.41) is 12.4. The third-order valence-electron chi connectivity index (χ3n) is 4.30. The Morgan fingerprint density at radius 3 is 2.90 bits per heavy atom. The zero-order chi connectivity index (χ0) is 14.6. The van der Waals surface area contributed by atoms with Crippen molar-refractivity contribution >= 4 is 5.97 Å². The van der Waals surface area contributed by atoms with Crippen LogP contribution in [-0.4, -0.2) is 29.3 Å². The molecule has 1 atom stereocenters. The first-order chi connectivity index (χ1) is 9.60. The Bertz CT molecular complexity index is 450.